The number of esters is 1. The van der Waals surface area contributed by atoms with E-state index >= 15 is 0 Å². The van der Waals surface area contributed by atoms with Crippen LogP contribution in [0.25, 0.3) is 11.1 Å². The second kappa shape index (κ2) is 11.4. The van der Waals surface area contributed by atoms with Gasteiger partial charge in [0.15, 0.2) is 0 Å². The number of aliphatic hydroxyl groups is 1. The zero-order valence-electron chi connectivity index (χ0n) is 21.6. The number of aryl methyl sites for hydroxylation is 2. The van der Waals surface area contributed by atoms with E-state index in [0.29, 0.717) is 37.6 Å². The van der Waals surface area contributed by atoms with Gasteiger partial charge in [0.05, 0.1) is 24.4 Å². The van der Waals surface area contributed by atoms with Crippen LogP contribution in [-0.2, 0) is 11.3 Å². The van der Waals surface area contributed by atoms with Gasteiger partial charge >= 0.3 is 5.97 Å². The Morgan fingerprint density at radius 3 is 2.17 bits per heavy atom. The Bertz CT molecular complexity index is 1130. The normalized spacial score (nSPS) is 11.3. The highest BCUT2D eigenvalue weighted by Crippen LogP contribution is 2.34. The first-order valence-electron chi connectivity index (χ1n) is 12.0. The van der Waals surface area contributed by atoms with E-state index in [0.717, 1.165) is 28.0 Å². The summed E-state index contributed by atoms with van der Waals surface area (Å²) in [4.78, 5) is 11.8. The highest BCUT2D eigenvalue weighted by molar-refractivity contribution is 5.89. The van der Waals surface area contributed by atoms with Crippen LogP contribution in [0, 0.1) is 20.8 Å². The molecule has 3 aromatic rings. The van der Waals surface area contributed by atoms with Crippen molar-refractivity contribution in [3.05, 3.63) is 82.4 Å². The molecule has 1 N–H and O–H groups in total. The molecule has 0 heterocycles. The second-order valence-electron chi connectivity index (χ2n) is 9.47. The van der Waals surface area contributed by atoms with Gasteiger partial charge in [-0.15, -0.1) is 0 Å². The topological polar surface area (TPSA) is 65.0 Å². The first kappa shape index (κ1) is 26.3. The largest absolute Gasteiger partial charge is 0.493 e. The van der Waals surface area contributed by atoms with E-state index in [4.69, 9.17) is 14.2 Å². The van der Waals surface area contributed by atoms with Gasteiger partial charge in [0.25, 0.3) is 0 Å². The molecule has 3 aromatic carbocycles. The van der Waals surface area contributed by atoms with E-state index in [1.165, 1.54) is 11.1 Å². The number of rotatable bonds is 10. The first-order valence-corrected chi connectivity index (χ1v) is 12.0. The lowest BCUT2D eigenvalue weighted by molar-refractivity contribution is 0.0524. The van der Waals surface area contributed by atoms with E-state index < -0.39 is 5.60 Å². The van der Waals surface area contributed by atoms with Crippen LogP contribution in [0.1, 0.15) is 59.8 Å². The zero-order chi connectivity index (χ0) is 25.6. The maximum absolute atomic E-state index is 11.8. The molecule has 186 valence electrons. The fourth-order valence-corrected chi connectivity index (χ4v) is 4.02. The monoisotopic (exact) mass is 476 g/mol. The van der Waals surface area contributed by atoms with E-state index in [-0.39, 0.29) is 5.97 Å². The maximum atomic E-state index is 11.8. The number of benzene rings is 3. The van der Waals surface area contributed by atoms with Gasteiger partial charge in [0.1, 0.15) is 18.1 Å². The summed E-state index contributed by atoms with van der Waals surface area (Å²) in [5.41, 5.74) is 6.67. The van der Waals surface area contributed by atoms with Crippen molar-refractivity contribution in [3.63, 3.8) is 0 Å². The summed E-state index contributed by atoms with van der Waals surface area (Å²) in [5, 5.41) is 9.92. The summed E-state index contributed by atoms with van der Waals surface area (Å²) in [6, 6.07) is 17.4. The van der Waals surface area contributed by atoms with Crippen molar-refractivity contribution in [2.45, 2.75) is 60.2 Å². The quantitative estimate of drug-likeness (QED) is 0.335. The fraction of sp³-hybridized carbons (Fsp3) is 0.367. The minimum Gasteiger partial charge on any atom is -0.493 e. The van der Waals surface area contributed by atoms with Gasteiger partial charge in [-0.25, -0.2) is 4.79 Å². The van der Waals surface area contributed by atoms with Gasteiger partial charge in [-0.05, 0) is 111 Å². The zero-order valence-corrected chi connectivity index (χ0v) is 21.6. The van der Waals surface area contributed by atoms with Crippen LogP contribution in [0.5, 0.6) is 11.5 Å². The molecule has 0 aliphatic carbocycles. The van der Waals surface area contributed by atoms with Crippen molar-refractivity contribution in [3.8, 4) is 22.6 Å². The highest BCUT2D eigenvalue weighted by Gasteiger charge is 2.15. The van der Waals surface area contributed by atoms with Gasteiger partial charge in [-0.1, -0.05) is 18.2 Å². The molecule has 0 radical (unpaired) electrons. The molecule has 0 aliphatic heterocycles. The lowest BCUT2D eigenvalue weighted by Crippen LogP contribution is -2.21. The van der Waals surface area contributed by atoms with Crippen molar-refractivity contribution in [1.82, 2.24) is 0 Å². The summed E-state index contributed by atoms with van der Waals surface area (Å²) in [6.45, 7) is 12.9. The Kier molecular flexibility index (Phi) is 8.57. The first-order chi connectivity index (χ1) is 16.6. The Labute approximate surface area is 208 Å². The summed E-state index contributed by atoms with van der Waals surface area (Å²) in [7, 11) is 0. The van der Waals surface area contributed by atoms with E-state index in [9.17, 15) is 9.90 Å². The average molecular weight is 477 g/mol. The summed E-state index contributed by atoms with van der Waals surface area (Å²) in [5.74, 6) is 1.18. The predicted molar refractivity (Wildman–Crippen MR) is 139 cm³/mol. The summed E-state index contributed by atoms with van der Waals surface area (Å²) < 4.78 is 17.0. The van der Waals surface area contributed by atoms with Crippen molar-refractivity contribution >= 4 is 5.97 Å². The third-order valence-corrected chi connectivity index (χ3v) is 5.96. The minimum absolute atomic E-state index is 0.331. The van der Waals surface area contributed by atoms with E-state index in [1.807, 2.05) is 0 Å². The third-order valence-electron chi connectivity index (χ3n) is 5.96. The predicted octanol–water partition coefficient (Wildman–Crippen LogP) is 6.57. The molecule has 3 rings (SSSR count). The maximum Gasteiger partial charge on any atom is 0.338 e. The van der Waals surface area contributed by atoms with Crippen LogP contribution in [-0.4, -0.2) is 29.9 Å². The minimum atomic E-state index is -0.743. The molecule has 0 aliphatic rings. The Morgan fingerprint density at radius 1 is 0.914 bits per heavy atom. The number of hydrogen-bond donors (Lipinski definition) is 1. The Morgan fingerprint density at radius 2 is 1.57 bits per heavy atom. The smallest absolute Gasteiger partial charge is 0.338 e. The summed E-state index contributed by atoms with van der Waals surface area (Å²) in [6.07, 6.45) is 0.569. The fourth-order valence-electron chi connectivity index (χ4n) is 4.02. The van der Waals surface area contributed by atoms with E-state index in [2.05, 4.69) is 51.1 Å². The molecule has 0 saturated heterocycles. The average Bonchev–Trinajstić information content (AvgIpc) is 2.78. The van der Waals surface area contributed by atoms with E-state index in [1.54, 1.807) is 45.0 Å². The second-order valence-corrected chi connectivity index (χ2v) is 9.47. The molecule has 0 spiro atoms. The van der Waals surface area contributed by atoms with Crippen LogP contribution in [0.2, 0.25) is 0 Å². The lowest BCUT2D eigenvalue weighted by Gasteiger charge is -2.19. The van der Waals surface area contributed by atoms with Gasteiger partial charge in [0, 0.05) is 6.42 Å². The van der Waals surface area contributed by atoms with Crippen LogP contribution < -0.4 is 9.47 Å². The molecule has 0 unspecified atom stereocenters. The molecule has 5 heteroatoms. The number of carbonyl (C=O) groups is 1. The van der Waals surface area contributed by atoms with Crippen LogP contribution in [0.15, 0.2) is 54.6 Å². The molecular weight excluding hydrogens is 440 g/mol. The standard InChI is InChI=1S/C30H36O5/c1-7-33-29(31)23-11-13-25(14-12-23)35-19-24-9-8-10-27(22(24)4)28-20(2)17-26(18-21(28)3)34-16-15-30(5,6)32/h8-14,17-18,32H,7,15-16,19H2,1-6H3. The Balaban J connectivity index is 1.75. The van der Waals surface area contributed by atoms with Gasteiger partial charge in [-0.3, -0.25) is 0 Å². The van der Waals surface area contributed by atoms with Crippen molar-refractivity contribution < 1.29 is 24.1 Å². The molecule has 0 atom stereocenters. The molecule has 0 aromatic heterocycles. The molecule has 0 saturated carbocycles. The van der Waals surface area contributed by atoms with Crippen molar-refractivity contribution in [2.24, 2.45) is 0 Å². The van der Waals surface area contributed by atoms with Gasteiger partial charge < -0.3 is 19.3 Å². The highest BCUT2D eigenvalue weighted by atomic mass is 16.5. The van der Waals surface area contributed by atoms with Gasteiger partial charge in [0.2, 0.25) is 0 Å². The number of hydrogen-bond acceptors (Lipinski definition) is 5. The van der Waals surface area contributed by atoms with Gasteiger partial charge in [-0.2, -0.15) is 0 Å². The molecule has 5 nitrogen and oxygen atoms in total. The van der Waals surface area contributed by atoms with Crippen molar-refractivity contribution in [1.29, 1.82) is 0 Å². The molecular formula is C30H36O5. The third kappa shape index (κ3) is 7.09. The number of ether oxygens (including phenoxy) is 3. The molecule has 0 bridgehead atoms. The molecule has 35 heavy (non-hydrogen) atoms. The van der Waals surface area contributed by atoms with Crippen LogP contribution >= 0.6 is 0 Å². The SMILES string of the molecule is CCOC(=O)c1ccc(OCc2cccc(-c3c(C)cc(OCCC(C)(C)O)cc3C)c2C)cc1. The number of carbonyl (C=O) groups excluding carboxylic acids is 1. The summed E-state index contributed by atoms with van der Waals surface area (Å²) >= 11 is 0. The lowest BCUT2D eigenvalue weighted by atomic mass is 9.90. The Hall–Kier alpha value is -3.31. The van der Waals surface area contributed by atoms with Crippen LogP contribution in [0.4, 0.5) is 0 Å². The van der Waals surface area contributed by atoms with Crippen molar-refractivity contribution in [2.75, 3.05) is 13.2 Å². The molecule has 0 fully saturated rings. The van der Waals surface area contributed by atoms with Crippen LogP contribution in [0.3, 0.4) is 0 Å². The molecule has 0 amide bonds.